The molecule has 1 aliphatic heterocycles. The average molecular weight is 215 g/mol. The number of ether oxygens (including phenoxy) is 2. The zero-order chi connectivity index (χ0) is 10.9. The van der Waals surface area contributed by atoms with Crippen molar-refractivity contribution in [2.24, 2.45) is 5.92 Å². The third-order valence-corrected chi connectivity index (χ3v) is 2.72. The molecule has 1 rings (SSSR count). The lowest BCUT2D eigenvalue weighted by atomic mass is 10.00. The highest BCUT2D eigenvalue weighted by Gasteiger charge is 2.18. The van der Waals surface area contributed by atoms with Crippen molar-refractivity contribution in [3.8, 4) is 0 Å². The van der Waals surface area contributed by atoms with Gasteiger partial charge in [0.25, 0.3) is 0 Å². The van der Waals surface area contributed by atoms with Crippen molar-refractivity contribution in [2.45, 2.75) is 12.8 Å². The largest absolute Gasteiger partial charge is 0.382 e. The van der Waals surface area contributed by atoms with Gasteiger partial charge in [-0.1, -0.05) is 0 Å². The molecule has 0 spiro atoms. The van der Waals surface area contributed by atoms with Crippen LogP contribution in [0, 0.1) is 5.92 Å². The second-order valence-electron chi connectivity index (χ2n) is 3.94. The molecule has 0 saturated carbocycles. The molecule has 0 radical (unpaired) electrons. The lowest BCUT2D eigenvalue weighted by Gasteiger charge is -2.29. The molecule has 4 nitrogen and oxygen atoms in total. The van der Waals surface area contributed by atoms with Crippen LogP contribution in [0.3, 0.4) is 0 Å². The number of nitrogens with zero attached hydrogens (tertiary/aromatic N) is 1. The first-order valence-electron chi connectivity index (χ1n) is 5.61. The number of carbonyl (C=O) groups excluding carboxylic acids is 1. The molecule has 0 N–H and O–H groups in total. The van der Waals surface area contributed by atoms with E-state index < -0.39 is 0 Å². The number of aldehydes is 1. The lowest BCUT2D eigenvalue weighted by molar-refractivity contribution is -0.112. The van der Waals surface area contributed by atoms with Crippen molar-refractivity contribution in [2.75, 3.05) is 46.6 Å². The summed E-state index contributed by atoms with van der Waals surface area (Å²) in [7, 11) is 1.67. The Morgan fingerprint density at radius 1 is 1.40 bits per heavy atom. The van der Waals surface area contributed by atoms with E-state index in [1.807, 2.05) is 0 Å². The fourth-order valence-electron chi connectivity index (χ4n) is 1.84. The van der Waals surface area contributed by atoms with E-state index in [9.17, 15) is 4.79 Å². The van der Waals surface area contributed by atoms with Crippen LogP contribution in [-0.2, 0) is 14.3 Å². The molecule has 0 aromatic rings. The number of carbonyl (C=O) groups is 1. The highest BCUT2D eigenvalue weighted by molar-refractivity contribution is 5.53. The van der Waals surface area contributed by atoms with Gasteiger partial charge in [-0.3, -0.25) is 0 Å². The number of hydrogen-bond donors (Lipinski definition) is 0. The zero-order valence-corrected chi connectivity index (χ0v) is 9.48. The maximum atomic E-state index is 10.6. The van der Waals surface area contributed by atoms with Crippen molar-refractivity contribution in [1.29, 1.82) is 0 Å². The van der Waals surface area contributed by atoms with Crippen LogP contribution < -0.4 is 0 Å². The standard InChI is InChI=1S/C11H21NO3/c1-14-7-8-15-6-5-12-4-2-3-11(9-12)10-13/h10-11H,2-9H2,1H3. The summed E-state index contributed by atoms with van der Waals surface area (Å²) >= 11 is 0. The van der Waals surface area contributed by atoms with E-state index in [4.69, 9.17) is 9.47 Å². The SMILES string of the molecule is COCCOCCN1CCCC(C=O)C1. The van der Waals surface area contributed by atoms with Crippen LogP contribution in [0.2, 0.25) is 0 Å². The number of hydrogen-bond acceptors (Lipinski definition) is 4. The van der Waals surface area contributed by atoms with E-state index in [2.05, 4.69) is 4.90 Å². The average Bonchev–Trinajstić information content (AvgIpc) is 2.29. The molecular formula is C11H21NO3. The van der Waals surface area contributed by atoms with E-state index in [-0.39, 0.29) is 5.92 Å². The molecule has 4 heteroatoms. The van der Waals surface area contributed by atoms with Crippen LogP contribution in [-0.4, -0.2) is 57.8 Å². The molecular weight excluding hydrogens is 194 g/mol. The van der Waals surface area contributed by atoms with E-state index in [0.29, 0.717) is 13.2 Å². The quantitative estimate of drug-likeness (QED) is 0.459. The predicted octanol–water partition coefficient (Wildman–Crippen LogP) is 0.560. The van der Waals surface area contributed by atoms with Gasteiger partial charge in [-0.15, -0.1) is 0 Å². The summed E-state index contributed by atoms with van der Waals surface area (Å²) in [6.45, 7) is 4.95. The molecule has 15 heavy (non-hydrogen) atoms. The summed E-state index contributed by atoms with van der Waals surface area (Å²) < 4.78 is 10.3. The molecule has 1 saturated heterocycles. The monoisotopic (exact) mass is 215 g/mol. The van der Waals surface area contributed by atoms with Gasteiger partial charge in [0, 0.05) is 26.1 Å². The number of rotatable bonds is 7. The van der Waals surface area contributed by atoms with E-state index in [1.54, 1.807) is 7.11 Å². The number of likely N-dealkylation sites (tertiary alicyclic amines) is 1. The Bertz CT molecular complexity index is 175. The van der Waals surface area contributed by atoms with Crippen LogP contribution in [0.4, 0.5) is 0 Å². The van der Waals surface area contributed by atoms with Crippen LogP contribution >= 0.6 is 0 Å². The molecule has 1 aliphatic rings. The minimum atomic E-state index is 0.234. The third kappa shape index (κ3) is 5.25. The van der Waals surface area contributed by atoms with Gasteiger partial charge in [-0.2, -0.15) is 0 Å². The Hall–Kier alpha value is -0.450. The smallest absolute Gasteiger partial charge is 0.124 e. The molecule has 1 fully saturated rings. The predicted molar refractivity (Wildman–Crippen MR) is 57.9 cm³/mol. The van der Waals surface area contributed by atoms with Crippen molar-refractivity contribution in [1.82, 2.24) is 4.90 Å². The molecule has 0 aromatic carbocycles. The minimum absolute atomic E-state index is 0.234. The second kappa shape index (κ2) is 7.79. The molecule has 0 bridgehead atoms. The Morgan fingerprint density at radius 2 is 2.27 bits per heavy atom. The van der Waals surface area contributed by atoms with Crippen LogP contribution in [0.5, 0.6) is 0 Å². The van der Waals surface area contributed by atoms with Gasteiger partial charge in [0.05, 0.1) is 19.8 Å². The Morgan fingerprint density at radius 3 is 3.00 bits per heavy atom. The molecule has 88 valence electrons. The molecule has 1 unspecified atom stereocenters. The minimum Gasteiger partial charge on any atom is -0.382 e. The topological polar surface area (TPSA) is 38.8 Å². The Labute approximate surface area is 91.5 Å². The first kappa shape index (κ1) is 12.6. The number of methoxy groups -OCH3 is 1. The highest BCUT2D eigenvalue weighted by atomic mass is 16.5. The van der Waals surface area contributed by atoms with Gasteiger partial charge < -0.3 is 19.2 Å². The molecule has 1 heterocycles. The summed E-state index contributed by atoms with van der Waals surface area (Å²) in [5.74, 6) is 0.234. The highest BCUT2D eigenvalue weighted by Crippen LogP contribution is 2.13. The molecule has 0 amide bonds. The Kier molecular flexibility index (Phi) is 6.55. The molecule has 0 aliphatic carbocycles. The zero-order valence-electron chi connectivity index (χ0n) is 9.48. The normalized spacial score (nSPS) is 22.9. The summed E-state index contributed by atoms with van der Waals surface area (Å²) in [6, 6.07) is 0. The fraction of sp³-hybridized carbons (Fsp3) is 0.909. The number of piperidine rings is 1. The third-order valence-electron chi connectivity index (χ3n) is 2.72. The van der Waals surface area contributed by atoms with Gasteiger partial charge in [0.2, 0.25) is 0 Å². The fourth-order valence-corrected chi connectivity index (χ4v) is 1.84. The summed E-state index contributed by atoms with van der Waals surface area (Å²) in [5, 5.41) is 0. The second-order valence-corrected chi connectivity index (χ2v) is 3.94. The lowest BCUT2D eigenvalue weighted by Crippen LogP contribution is -2.38. The van der Waals surface area contributed by atoms with E-state index in [0.717, 1.165) is 45.4 Å². The van der Waals surface area contributed by atoms with E-state index >= 15 is 0 Å². The van der Waals surface area contributed by atoms with Crippen LogP contribution in [0.15, 0.2) is 0 Å². The molecule has 0 aromatic heterocycles. The Balaban J connectivity index is 2.02. The maximum absolute atomic E-state index is 10.6. The van der Waals surface area contributed by atoms with E-state index in [1.165, 1.54) is 0 Å². The van der Waals surface area contributed by atoms with Crippen molar-refractivity contribution in [3.05, 3.63) is 0 Å². The summed E-state index contributed by atoms with van der Waals surface area (Å²) in [6.07, 6.45) is 3.25. The van der Waals surface area contributed by atoms with Gasteiger partial charge in [-0.05, 0) is 19.4 Å². The van der Waals surface area contributed by atoms with Gasteiger partial charge in [0.1, 0.15) is 6.29 Å². The van der Waals surface area contributed by atoms with Gasteiger partial charge in [0.15, 0.2) is 0 Å². The summed E-state index contributed by atoms with van der Waals surface area (Å²) in [5.41, 5.74) is 0. The van der Waals surface area contributed by atoms with Gasteiger partial charge >= 0.3 is 0 Å². The van der Waals surface area contributed by atoms with Crippen LogP contribution in [0.25, 0.3) is 0 Å². The maximum Gasteiger partial charge on any atom is 0.124 e. The molecule has 1 atom stereocenters. The first-order valence-corrected chi connectivity index (χ1v) is 5.61. The summed E-state index contributed by atoms with van der Waals surface area (Å²) in [4.78, 5) is 12.9. The van der Waals surface area contributed by atoms with Crippen LogP contribution in [0.1, 0.15) is 12.8 Å². The van der Waals surface area contributed by atoms with Crippen molar-refractivity contribution < 1.29 is 14.3 Å². The van der Waals surface area contributed by atoms with Crippen molar-refractivity contribution >= 4 is 6.29 Å². The van der Waals surface area contributed by atoms with Gasteiger partial charge in [-0.25, -0.2) is 0 Å². The van der Waals surface area contributed by atoms with Crippen molar-refractivity contribution in [3.63, 3.8) is 0 Å². The first-order chi connectivity index (χ1) is 7.36.